The maximum atomic E-state index is 10.7. The second-order valence-electron chi connectivity index (χ2n) is 6.78. The van der Waals surface area contributed by atoms with Crippen molar-refractivity contribution in [3.63, 3.8) is 0 Å². The second kappa shape index (κ2) is 8.55. The Morgan fingerprint density at radius 1 is 1.17 bits per heavy atom. The summed E-state index contributed by atoms with van der Waals surface area (Å²) in [5, 5.41) is 11.1. The van der Waals surface area contributed by atoms with Crippen LogP contribution in [0.25, 0.3) is 11.0 Å². The van der Waals surface area contributed by atoms with Crippen molar-refractivity contribution in [3.8, 4) is 11.5 Å². The van der Waals surface area contributed by atoms with Crippen molar-refractivity contribution in [3.05, 3.63) is 65.9 Å². The Kier molecular flexibility index (Phi) is 5.67. The van der Waals surface area contributed by atoms with Gasteiger partial charge in [-0.15, -0.1) is 0 Å². The molecule has 0 radical (unpaired) electrons. The van der Waals surface area contributed by atoms with Gasteiger partial charge in [-0.3, -0.25) is 0 Å². The third-order valence-electron chi connectivity index (χ3n) is 4.45. The number of hydrogen-bond donors (Lipinski definition) is 3. The van der Waals surface area contributed by atoms with E-state index >= 15 is 0 Å². The molecule has 0 fully saturated rings. The first kappa shape index (κ1) is 19.9. The molecule has 3 aromatic heterocycles. The van der Waals surface area contributed by atoms with Gasteiger partial charge in [-0.1, -0.05) is 0 Å². The molecule has 3 N–H and O–H groups in total. The van der Waals surface area contributed by atoms with Gasteiger partial charge in [-0.2, -0.15) is 0 Å². The zero-order valence-corrected chi connectivity index (χ0v) is 18.5. The van der Waals surface area contributed by atoms with Crippen LogP contribution in [0.1, 0.15) is 17.0 Å². The predicted octanol–water partition coefficient (Wildman–Crippen LogP) is 1.92. The van der Waals surface area contributed by atoms with E-state index in [2.05, 4.69) is 37.4 Å². The van der Waals surface area contributed by atoms with Crippen LogP contribution in [-0.2, 0) is 6.54 Å². The van der Waals surface area contributed by atoms with Crippen LogP contribution in [-0.4, -0.2) is 46.9 Å². The van der Waals surface area contributed by atoms with E-state index in [0.717, 1.165) is 38.2 Å². The molecular formula is C21H20AsN5O3. The number of fused-ring (bicyclic) bond motifs is 1. The van der Waals surface area contributed by atoms with Gasteiger partial charge in [0.2, 0.25) is 0 Å². The summed E-state index contributed by atoms with van der Waals surface area (Å²) < 4.78 is 8.13. The van der Waals surface area contributed by atoms with E-state index in [4.69, 9.17) is 9.84 Å². The quantitative estimate of drug-likeness (QED) is 0.375. The van der Waals surface area contributed by atoms with Crippen LogP contribution < -0.4 is 18.9 Å². The number of hydrogen-bond acceptors (Lipinski definition) is 5. The van der Waals surface area contributed by atoms with Gasteiger partial charge < -0.3 is 0 Å². The fourth-order valence-electron chi connectivity index (χ4n) is 2.97. The Morgan fingerprint density at radius 3 is 2.77 bits per heavy atom. The van der Waals surface area contributed by atoms with Crippen molar-refractivity contribution in [2.45, 2.75) is 20.4 Å². The van der Waals surface area contributed by atoms with Crippen molar-refractivity contribution in [2.75, 3.05) is 0 Å². The third-order valence-corrected chi connectivity index (χ3v) is 7.00. The number of amides is 1. The van der Waals surface area contributed by atoms with Gasteiger partial charge in [0, 0.05) is 0 Å². The molecule has 152 valence electrons. The molecule has 1 amide bonds. The minimum absolute atomic E-state index is 0.199. The monoisotopic (exact) mass is 465 g/mol. The second-order valence-corrected chi connectivity index (χ2v) is 9.51. The third kappa shape index (κ3) is 4.60. The Labute approximate surface area is 179 Å². The normalized spacial score (nSPS) is 11.3. The molecule has 4 aromatic rings. The molecule has 1 unspecified atom stereocenters. The van der Waals surface area contributed by atoms with Crippen LogP contribution >= 0.6 is 0 Å². The molecule has 0 aliphatic rings. The predicted molar refractivity (Wildman–Crippen MR) is 115 cm³/mol. The zero-order chi connectivity index (χ0) is 21.1. The molecule has 0 aliphatic carbocycles. The first-order chi connectivity index (χ1) is 14.5. The Balaban J connectivity index is 1.53. The summed E-state index contributed by atoms with van der Waals surface area (Å²) in [5.41, 5.74) is 4.40. The van der Waals surface area contributed by atoms with Gasteiger partial charge in [-0.25, -0.2) is 0 Å². The van der Waals surface area contributed by atoms with Crippen LogP contribution in [0.3, 0.4) is 0 Å². The molecule has 30 heavy (non-hydrogen) atoms. The van der Waals surface area contributed by atoms with Crippen molar-refractivity contribution in [1.82, 2.24) is 25.3 Å². The number of carboxylic acid groups (broad SMARTS) is 1. The summed E-state index contributed by atoms with van der Waals surface area (Å²) in [6.07, 6.45) is 2.21. The summed E-state index contributed by atoms with van der Waals surface area (Å²) in [6, 6.07) is 11.8. The molecule has 0 spiro atoms. The Bertz CT molecular complexity index is 1210. The van der Waals surface area contributed by atoms with Crippen molar-refractivity contribution in [1.29, 1.82) is 0 Å². The fraction of sp³-hybridized carbons (Fsp3) is 0.143. The average Bonchev–Trinajstić information content (AvgIpc) is 3.14. The molecular weight excluding hydrogens is 445 g/mol. The maximum absolute atomic E-state index is 10.7. The first-order valence-corrected chi connectivity index (χ1v) is 11.4. The minimum atomic E-state index is -1.06. The van der Waals surface area contributed by atoms with Crippen LogP contribution in [0.5, 0.6) is 11.5 Å². The molecule has 3 heterocycles. The summed E-state index contributed by atoms with van der Waals surface area (Å²) >= 11 is -0.724. The van der Waals surface area contributed by atoms with E-state index in [1.165, 1.54) is 4.35 Å². The summed E-state index contributed by atoms with van der Waals surface area (Å²) in [4.78, 5) is 27.0. The molecule has 1 aromatic carbocycles. The number of carbonyl (C=O) groups is 1. The Morgan fingerprint density at radius 2 is 2.03 bits per heavy atom. The molecule has 4 rings (SSSR count). The van der Waals surface area contributed by atoms with Crippen molar-refractivity contribution >= 4 is 41.7 Å². The van der Waals surface area contributed by atoms with Gasteiger partial charge in [0.1, 0.15) is 0 Å². The molecule has 8 nitrogen and oxygen atoms in total. The van der Waals surface area contributed by atoms with Gasteiger partial charge >= 0.3 is 179 Å². The first-order valence-electron chi connectivity index (χ1n) is 9.25. The van der Waals surface area contributed by atoms with E-state index in [9.17, 15) is 4.79 Å². The molecule has 9 heteroatoms. The fourth-order valence-corrected chi connectivity index (χ4v) is 5.42. The van der Waals surface area contributed by atoms with E-state index in [0.29, 0.717) is 5.75 Å². The van der Waals surface area contributed by atoms with Crippen molar-refractivity contribution in [2.24, 2.45) is 0 Å². The molecule has 0 bridgehead atoms. The number of ether oxygens (including phenoxy) is 1. The zero-order valence-electron chi connectivity index (χ0n) is 16.4. The van der Waals surface area contributed by atoms with Crippen LogP contribution in [0.4, 0.5) is 4.79 Å². The molecule has 0 saturated heterocycles. The van der Waals surface area contributed by atoms with E-state index in [1.807, 2.05) is 38.1 Å². The van der Waals surface area contributed by atoms with Crippen LogP contribution in [0, 0.1) is 13.8 Å². The number of rotatable bonds is 6. The summed E-state index contributed by atoms with van der Waals surface area (Å²) in [7, 11) is 0. The van der Waals surface area contributed by atoms with Gasteiger partial charge in [0.25, 0.3) is 0 Å². The number of aryl methyl sites for hydroxylation is 2. The van der Waals surface area contributed by atoms with Crippen LogP contribution in [0.2, 0.25) is 0 Å². The number of aromatic amines is 1. The molecule has 0 aliphatic heterocycles. The van der Waals surface area contributed by atoms with E-state index in [-0.39, 0.29) is 6.54 Å². The van der Waals surface area contributed by atoms with Gasteiger partial charge in [-0.05, 0) is 0 Å². The van der Waals surface area contributed by atoms with Crippen LogP contribution in [0.15, 0.2) is 48.9 Å². The summed E-state index contributed by atoms with van der Waals surface area (Å²) in [5.74, 6) is 1.50. The van der Waals surface area contributed by atoms with Gasteiger partial charge in [0.05, 0.1) is 0 Å². The standard InChI is InChI=1S/C21H20AsN5O3/c1-12-7-14(4-6-18(12)30-16-5-3-13(2)23-10-16)22-20-19-17(25-11-26-20)8-15(27-19)9-24-21(28)29/h3-8,10-11,22,24,27H,9H2,1-2H3,(H,28,29). The van der Waals surface area contributed by atoms with Gasteiger partial charge in [0.15, 0.2) is 0 Å². The SMILES string of the molecule is Cc1ccc(Oc2ccc([AsH]c3ncnc4cc(CNC(=O)O)[nH]c34)cc2C)cn1. The average molecular weight is 465 g/mol. The molecule has 0 saturated carbocycles. The number of nitrogens with zero attached hydrogens (tertiary/aromatic N) is 3. The number of aromatic nitrogens is 4. The molecule has 1 atom stereocenters. The van der Waals surface area contributed by atoms with E-state index < -0.39 is 21.8 Å². The van der Waals surface area contributed by atoms with Crippen molar-refractivity contribution < 1.29 is 14.6 Å². The topological polar surface area (TPSA) is 113 Å². The number of H-pyrrole nitrogens is 1. The number of pyridine rings is 1. The van der Waals surface area contributed by atoms with E-state index in [1.54, 1.807) is 12.5 Å². The number of nitrogens with one attached hydrogen (secondary N) is 2. The Hall–Kier alpha value is -3.38. The number of benzene rings is 1. The summed E-state index contributed by atoms with van der Waals surface area (Å²) in [6.45, 7) is 4.16.